The van der Waals surface area contributed by atoms with Crippen molar-refractivity contribution in [2.45, 2.75) is 104 Å². The van der Waals surface area contributed by atoms with E-state index in [-0.39, 0.29) is 18.5 Å². The van der Waals surface area contributed by atoms with Gasteiger partial charge in [0, 0.05) is 19.4 Å². The lowest BCUT2D eigenvalue weighted by atomic mass is 10.1. The monoisotopic (exact) mass is 371 g/mol. The van der Waals surface area contributed by atoms with E-state index in [0.29, 0.717) is 25.9 Å². The summed E-state index contributed by atoms with van der Waals surface area (Å²) in [6, 6.07) is 0. The first-order valence-electron chi connectivity index (χ1n) is 10.6. The molecule has 0 saturated carbocycles. The fraction of sp³-hybridized carbons (Fsp3) is 0.905. The van der Waals surface area contributed by atoms with Gasteiger partial charge < -0.3 is 14.7 Å². The Hall–Kier alpha value is -1.10. The second kappa shape index (κ2) is 17.3. The van der Waals surface area contributed by atoms with E-state index in [1.165, 1.54) is 32.1 Å². The molecule has 1 atom stereocenters. The largest absolute Gasteiger partial charge is 0.464 e. The fourth-order valence-electron chi connectivity index (χ4n) is 2.89. The van der Waals surface area contributed by atoms with Gasteiger partial charge in [-0.2, -0.15) is 0 Å². The van der Waals surface area contributed by atoms with Gasteiger partial charge >= 0.3 is 5.97 Å². The van der Waals surface area contributed by atoms with Gasteiger partial charge in [-0.1, -0.05) is 65.2 Å². The Morgan fingerprint density at radius 3 is 1.96 bits per heavy atom. The van der Waals surface area contributed by atoms with E-state index in [2.05, 4.69) is 13.8 Å². The van der Waals surface area contributed by atoms with Crippen LogP contribution in [0, 0.1) is 0 Å². The number of unbranched alkanes of at least 4 members (excludes halogenated alkanes) is 8. The molecule has 0 radical (unpaired) electrons. The summed E-state index contributed by atoms with van der Waals surface area (Å²) in [6.07, 6.45) is 11.4. The van der Waals surface area contributed by atoms with Gasteiger partial charge in [0.1, 0.15) is 6.61 Å². The van der Waals surface area contributed by atoms with Crippen LogP contribution in [0.3, 0.4) is 0 Å². The number of nitrogens with zero attached hydrogens (tertiary/aromatic N) is 1. The molecule has 5 heteroatoms. The first kappa shape index (κ1) is 24.9. The van der Waals surface area contributed by atoms with Crippen molar-refractivity contribution >= 4 is 11.9 Å². The van der Waals surface area contributed by atoms with Crippen LogP contribution in [0.2, 0.25) is 0 Å². The number of hydrogen-bond acceptors (Lipinski definition) is 4. The van der Waals surface area contributed by atoms with Crippen LogP contribution in [0.15, 0.2) is 0 Å². The molecular weight excluding hydrogens is 330 g/mol. The minimum atomic E-state index is -0.576. The van der Waals surface area contributed by atoms with Gasteiger partial charge in [-0.3, -0.25) is 9.59 Å². The van der Waals surface area contributed by atoms with Crippen LogP contribution in [0.25, 0.3) is 0 Å². The topological polar surface area (TPSA) is 66.8 Å². The molecule has 0 saturated heterocycles. The number of carbonyl (C=O) groups excluding carboxylic acids is 2. The molecule has 0 heterocycles. The van der Waals surface area contributed by atoms with Gasteiger partial charge in [-0.15, -0.1) is 0 Å². The van der Waals surface area contributed by atoms with Crippen molar-refractivity contribution in [3.05, 3.63) is 0 Å². The minimum Gasteiger partial charge on any atom is -0.464 e. The predicted molar refractivity (Wildman–Crippen MR) is 106 cm³/mol. The summed E-state index contributed by atoms with van der Waals surface area (Å²) >= 11 is 0. The summed E-state index contributed by atoms with van der Waals surface area (Å²) < 4.78 is 5.25. The number of carbonyl (C=O) groups is 2. The van der Waals surface area contributed by atoms with E-state index < -0.39 is 6.10 Å². The van der Waals surface area contributed by atoms with Crippen molar-refractivity contribution in [1.82, 2.24) is 4.90 Å². The molecule has 5 nitrogen and oxygen atoms in total. The van der Waals surface area contributed by atoms with Crippen molar-refractivity contribution in [2.24, 2.45) is 0 Å². The average Bonchev–Trinajstić information content (AvgIpc) is 2.60. The molecule has 0 bridgehead atoms. The maximum atomic E-state index is 12.3. The molecular formula is C21H41NO4. The Bertz CT molecular complexity index is 358. The standard InChI is InChI=1S/C21H41NO4/c1-4-6-8-10-12-14-20(24)22(18-19(3)23)16-17-26-21(25)15-13-11-9-7-5-2/h19,23H,4-18H2,1-3H3. The number of esters is 1. The van der Waals surface area contributed by atoms with Crippen LogP contribution >= 0.6 is 0 Å². The zero-order valence-electron chi connectivity index (χ0n) is 17.3. The molecule has 0 aromatic carbocycles. The highest BCUT2D eigenvalue weighted by Gasteiger charge is 2.16. The fourth-order valence-corrected chi connectivity index (χ4v) is 2.89. The molecule has 1 unspecified atom stereocenters. The van der Waals surface area contributed by atoms with Crippen molar-refractivity contribution in [2.75, 3.05) is 19.7 Å². The lowest BCUT2D eigenvalue weighted by Gasteiger charge is -2.24. The van der Waals surface area contributed by atoms with Crippen molar-refractivity contribution in [1.29, 1.82) is 0 Å². The zero-order valence-corrected chi connectivity index (χ0v) is 17.3. The third-order valence-corrected chi connectivity index (χ3v) is 4.44. The SMILES string of the molecule is CCCCCCCC(=O)OCCN(CC(C)O)C(=O)CCCCCCC. The predicted octanol–water partition coefficient (Wildman–Crippen LogP) is 4.46. The van der Waals surface area contributed by atoms with E-state index in [1.807, 2.05) is 0 Å². The highest BCUT2D eigenvalue weighted by molar-refractivity contribution is 5.76. The summed E-state index contributed by atoms with van der Waals surface area (Å²) in [5.41, 5.74) is 0. The third-order valence-electron chi connectivity index (χ3n) is 4.44. The number of ether oxygens (including phenoxy) is 1. The van der Waals surface area contributed by atoms with Crippen molar-refractivity contribution in [3.63, 3.8) is 0 Å². The minimum absolute atomic E-state index is 0.0398. The molecule has 0 rings (SSSR count). The Morgan fingerprint density at radius 2 is 1.42 bits per heavy atom. The van der Waals surface area contributed by atoms with E-state index in [0.717, 1.165) is 32.1 Å². The molecule has 1 N–H and O–H groups in total. The first-order chi connectivity index (χ1) is 12.5. The summed E-state index contributed by atoms with van der Waals surface area (Å²) in [6.45, 7) is 6.87. The molecule has 0 aliphatic carbocycles. The molecule has 0 aliphatic rings. The van der Waals surface area contributed by atoms with E-state index in [4.69, 9.17) is 4.74 Å². The normalized spacial score (nSPS) is 12.0. The van der Waals surface area contributed by atoms with Crippen LogP contribution in [-0.2, 0) is 14.3 Å². The highest BCUT2D eigenvalue weighted by atomic mass is 16.5. The van der Waals surface area contributed by atoms with Crippen LogP contribution in [-0.4, -0.2) is 47.7 Å². The van der Waals surface area contributed by atoms with Crippen LogP contribution in [0.1, 0.15) is 97.8 Å². The van der Waals surface area contributed by atoms with Crippen LogP contribution < -0.4 is 0 Å². The molecule has 0 spiro atoms. The Balaban J connectivity index is 4.01. The number of hydrogen-bond donors (Lipinski definition) is 1. The molecule has 0 fully saturated rings. The van der Waals surface area contributed by atoms with Crippen LogP contribution in [0.4, 0.5) is 0 Å². The summed E-state index contributed by atoms with van der Waals surface area (Å²) in [7, 11) is 0. The van der Waals surface area contributed by atoms with E-state index >= 15 is 0 Å². The van der Waals surface area contributed by atoms with Gasteiger partial charge in [0.2, 0.25) is 5.91 Å². The quantitative estimate of drug-likeness (QED) is 0.303. The third kappa shape index (κ3) is 15.2. The van der Waals surface area contributed by atoms with Crippen LogP contribution in [0.5, 0.6) is 0 Å². The molecule has 0 aliphatic heterocycles. The van der Waals surface area contributed by atoms with Gasteiger partial charge in [0.25, 0.3) is 0 Å². The lowest BCUT2D eigenvalue weighted by molar-refractivity contribution is -0.146. The maximum Gasteiger partial charge on any atom is 0.305 e. The zero-order chi connectivity index (χ0) is 19.6. The summed E-state index contributed by atoms with van der Waals surface area (Å²) in [4.78, 5) is 25.7. The Labute approximate surface area is 160 Å². The Morgan fingerprint density at radius 1 is 0.885 bits per heavy atom. The number of aliphatic hydroxyl groups is 1. The number of amides is 1. The second-order valence-corrected chi connectivity index (χ2v) is 7.24. The Kier molecular flexibility index (Phi) is 16.6. The first-order valence-corrected chi connectivity index (χ1v) is 10.6. The molecule has 26 heavy (non-hydrogen) atoms. The highest BCUT2D eigenvalue weighted by Crippen LogP contribution is 2.08. The van der Waals surface area contributed by atoms with Crippen molar-refractivity contribution in [3.8, 4) is 0 Å². The van der Waals surface area contributed by atoms with E-state index in [1.54, 1.807) is 11.8 Å². The van der Waals surface area contributed by atoms with Gasteiger partial charge in [-0.05, 0) is 19.8 Å². The number of aliphatic hydroxyl groups excluding tert-OH is 1. The van der Waals surface area contributed by atoms with Gasteiger partial charge in [0.05, 0.1) is 12.6 Å². The second-order valence-electron chi connectivity index (χ2n) is 7.24. The van der Waals surface area contributed by atoms with Gasteiger partial charge in [-0.25, -0.2) is 0 Å². The summed E-state index contributed by atoms with van der Waals surface area (Å²) in [5, 5.41) is 9.61. The molecule has 0 aromatic rings. The molecule has 154 valence electrons. The molecule has 0 aromatic heterocycles. The maximum absolute atomic E-state index is 12.3. The smallest absolute Gasteiger partial charge is 0.305 e. The summed E-state index contributed by atoms with van der Waals surface area (Å²) in [5.74, 6) is -0.150. The van der Waals surface area contributed by atoms with E-state index in [9.17, 15) is 14.7 Å². The van der Waals surface area contributed by atoms with Gasteiger partial charge in [0.15, 0.2) is 0 Å². The lowest BCUT2D eigenvalue weighted by Crippen LogP contribution is -2.39. The average molecular weight is 372 g/mol. The molecule has 1 amide bonds. The van der Waals surface area contributed by atoms with Crippen molar-refractivity contribution < 1.29 is 19.4 Å². The number of rotatable bonds is 17.